The van der Waals surface area contributed by atoms with Crippen LogP contribution in [0.5, 0.6) is 0 Å². The van der Waals surface area contributed by atoms with Gasteiger partial charge in [0, 0.05) is 12.0 Å². The highest BCUT2D eigenvalue weighted by molar-refractivity contribution is 7.92. The largest absolute Gasteiger partial charge is 0.462 e. The molecule has 0 saturated heterocycles. The normalized spacial score (nSPS) is 12.7. The van der Waals surface area contributed by atoms with Crippen LogP contribution in [0.25, 0.3) is 0 Å². The smallest absolute Gasteiger partial charge is 0.321 e. The minimum Gasteiger partial charge on any atom is -0.462 e. The molecule has 116 valence electrons. The molecule has 1 unspecified atom stereocenters. The highest BCUT2D eigenvalue weighted by Crippen LogP contribution is 2.14. The number of esters is 1. The maximum atomic E-state index is 12.1. The Labute approximate surface area is 125 Å². The monoisotopic (exact) mass is 312 g/mol. The first-order valence-corrected chi connectivity index (χ1v) is 8.50. The molecule has 0 fully saturated rings. The Morgan fingerprint density at radius 3 is 2.19 bits per heavy atom. The molecule has 0 radical (unpaired) electrons. The molecule has 0 bridgehead atoms. The van der Waals surface area contributed by atoms with Gasteiger partial charge in [0.25, 0.3) is 0 Å². The van der Waals surface area contributed by atoms with E-state index in [-0.39, 0.29) is 16.8 Å². The highest BCUT2D eigenvalue weighted by atomic mass is 32.2. The van der Waals surface area contributed by atoms with E-state index in [2.05, 4.69) is 0 Å². The standard InChI is InChI=1S/C15H20O5S/c1-4-11(3)20-15(17)10-21(18,19)13-8-6-12(7-9-13)14(16)5-2/h6-9,11H,4-5,10H2,1-3H3. The van der Waals surface area contributed by atoms with Crippen molar-refractivity contribution < 1.29 is 22.7 Å². The predicted octanol–water partition coefficient (Wildman–Crippen LogP) is 2.39. The number of carbonyl (C=O) groups is 2. The van der Waals surface area contributed by atoms with Crippen molar-refractivity contribution in [1.29, 1.82) is 0 Å². The van der Waals surface area contributed by atoms with E-state index < -0.39 is 21.6 Å². The Kier molecular flexibility index (Phi) is 6.08. The zero-order chi connectivity index (χ0) is 16.0. The van der Waals surface area contributed by atoms with Crippen molar-refractivity contribution in [2.45, 2.75) is 44.6 Å². The summed E-state index contributed by atoms with van der Waals surface area (Å²) in [6.45, 7) is 5.28. The van der Waals surface area contributed by atoms with Crippen LogP contribution in [0.3, 0.4) is 0 Å². The maximum absolute atomic E-state index is 12.1. The molecule has 0 saturated carbocycles. The van der Waals surface area contributed by atoms with E-state index in [1.165, 1.54) is 24.3 Å². The van der Waals surface area contributed by atoms with Gasteiger partial charge in [0.05, 0.1) is 11.0 Å². The highest BCUT2D eigenvalue weighted by Gasteiger charge is 2.21. The van der Waals surface area contributed by atoms with E-state index >= 15 is 0 Å². The van der Waals surface area contributed by atoms with E-state index in [9.17, 15) is 18.0 Å². The van der Waals surface area contributed by atoms with Crippen molar-refractivity contribution in [2.24, 2.45) is 0 Å². The van der Waals surface area contributed by atoms with Gasteiger partial charge in [-0.1, -0.05) is 26.0 Å². The van der Waals surface area contributed by atoms with Crippen molar-refractivity contribution in [2.75, 3.05) is 5.75 Å². The molecule has 0 spiro atoms. The lowest BCUT2D eigenvalue weighted by atomic mass is 10.1. The van der Waals surface area contributed by atoms with E-state index in [0.717, 1.165) is 0 Å². The number of hydrogen-bond donors (Lipinski definition) is 0. The number of Topliss-reactive ketones (excluding diaryl/α,β-unsaturated/α-hetero) is 1. The molecule has 6 heteroatoms. The van der Waals surface area contributed by atoms with E-state index in [1.54, 1.807) is 13.8 Å². The number of ketones is 1. The summed E-state index contributed by atoms with van der Waals surface area (Å²) in [5, 5.41) is 0. The SMILES string of the molecule is CCC(=O)c1ccc(S(=O)(=O)CC(=O)OC(C)CC)cc1. The Balaban J connectivity index is 2.83. The number of ether oxygens (including phenoxy) is 1. The summed E-state index contributed by atoms with van der Waals surface area (Å²) in [7, 11) is -3.75. The summed E-state index contributed by atoms with van der Waals surface area (Å²) in [5.41, 5.74) is 0.457. The second kappa shape index (κ2) is 7.36. The topological polar surface area (TPSA) is 77.5 Å². The van der Waals surface area contributed by atoms with Crippen LogP contribution in [0.4, 0.5) is 0 Å². The summed E-state index contributed by atoms with van der Waals surface area (Å²) >= 11 is 0. The Morgan fingerprint density at radius 2 is 1.71 bits per heavy atom. The summed E-state index contributed by atoms with van der Waals surface area (Å²) in [4.78, 5) is 23.1. The minimum atomic E-state index is -3.75. The summed E-state index contributed by atoms with van der Waals surface area (Å²) in [6.07, 6.45) is 0.671. The number of sulfone groups is 1. The quantitative estimate of drug-likeness (QED) is 0.570. The molecule has 1 rings (SSSR count). The number of benzene rings is 1. The van der Waals surface area contributed by atoms with Crippen LogP contribution in [0.1, 0.15) is 44.0 Å². The summed E-state index contributed by atoms with van der Waals surface area (Å²) in [5.74, 6) is -1.52. The number of hydrogen-bond acceptors (Lipinski definition) is 5. The van der Waals surface area contributed by atoms with Gasteiger partial charge >= 0.3 is 5.97 Å². The molecule has 0 amide bonds. The molecular weight excluding hydrogens is 292 g/mol. The average Bonchev–Trinajstić information content (AvgIpc) is 2.45. The van der Waals surface area contributed by atoms with Crippen molar-refractivity contribution in [3.63, 3.8) is 0 Å². The van der Waals surface area contributed by atoms with Gasteiger partial charge in [0.2, 0.25) is 0 Å². The molecule has 0 aliphatic rings. The van der Waals surface area contributed by atoms with Crippen LogP contribution in [-0.4, -0.2) is 32.0 Å². The first-order chi connectivity index (χ1) is 9.80. The van der Waals surface area contributed by atoms with Crippen molar-refractivity contribution in [1.82, 2.24) is 0 Å². The number of rotatable bonds is 7. The van der Waals surface area contributed by atoms with Crippen LogP contribution < -0.4 is 0 Å². The molecule has 0 aliphatic carbocycles. The van der Waals surface area contributed by atoms with E-state index in [1.807, 2.05) is 6.92 Å². The Morgan fingerprint density at radius 1 is 1.14 bits per heavy atom. The molecule has 0 N–H and O–H groups in total. The van der Waals surface area contributed by atoms with E-state index in [4.69, 9.17) is 4.74 Å². The summed E-state index contributed by atoms with van der Waals surface area (Å²) < 4.78 is 29.1. The lowest BCUT2D eigenvalue weighted by molar-refractivity contribution is -0.145. The predicted molar refractivity (Wildman–Crippen MR) is 79.0 cm³/mol. The minimum absolute atomic E-state index is 0.0104. The van der Waals surface area contributed by atoms with Gasteiger partial charge in [-0.05, 0) is 25.5 Å². The first kappa shape index (κ1) is 17.4. The van der Waals surface area contributed by atoms with Gasteiger partial charge in [-0.25, -0.2) is 8.42 Å². The molecule has 21 heavy (non-hydrogen) atoms. The van der Waals surface area contributed by atoms with Crippen LogP contribution in [0.2, 0.25) is 0 Å². The van der Waals surface area contributed by atoms with Gasteiger partial charge in [0.1, 0.15) is 0 Å². The summed E-state index contributed by atoms with van der Waals surface area (Å²) in [6, 6.07) is 5.60. The molecule has 5 nitrogen and oxygen atoms in total. The zero-order valence-electron chi connectivity index (χ0n) is 12.5. The third kappa shape index (κ3) is 4.97. The Bertz CT molecular complexity index is 601. The molecule has 1 atom stereocenters. The van der Waals surface area contributed by atoms with Crippen molar-refractivity contribution >= 4 is 21.6 Å². The second-order valence-electron chi connectivity index (χ2n) is 4.77. The fourth-order valence-corrected chi connectivity index (χ4v) is 2.73. The zero-order valence-corrected chi connectivity index (χ0v) is 13.3. The van der Waals surface area contributed by atoms with Gasteiger partial charge in [-0.2, -0.15) is 0 Å². The van der Waals surface area contributed by atoms with Crippen LogP contribution in [0, 0.1) is 0 Å². The fourth-order valence-electron chi connectivity index (χ4n) is 1.63. The molecule has 1 aromatic rings. The lowest BCUT2D eigenvalue weighted by Gasteiger charge is -2.11. The van der Waals surface area contributed by atoms with Crippen LogP contribution >= 0.6 is 0 Å². The van der Waals surface area contributed by atoms with E-state index in [0.29, 0.717) is 18.4 Å². The van der Waals surface area contributed by atoms with Gasteiger partial charge in [-0.3, -0.25) is 9.59 Å². The van der Waals surface area contributed by atoms with Gasteiger partial charge in [0.15, 0.2) is 21.4 Å². The third-order valence-electron chi connectivity index (χ3n) is 3.07. The Hall–Kier alpha value is -1.69. The van der Waals surface area contributed by atoms with Crippen molar-refractivity contribution in [3.05, 3.63) is 29.8 Å². The molecule has 1 aromatic carbocycles. The molecule has 0 heterocycles. The van der Waals surface area contributed by atoms with Crippen LogP contribution in [0.15, 0.2) is 29.2 Å². The fraction of sp³-hybridized carbons (Fsp3) is 0.467. The lowest BCUT2D eigenvalue weighted by Crippen LogP contribution is -2.22. The van der Waals surface area contributed by atoms with Crippen LogP contribution in [-0.2, 0) is 19.4 Å². The molecule has 0 aliphatic heterocycles. The molecule has 0 aromatic heterocycles. The first-order valence-electron chi connectivity index (χ1n) is 6.85. The maximum Gasteiger partial charge on any atom is 0.321 e. The van der Waals surface area contributed by atoms with Gasteiger partial charge < -0.3 is 4.74 Å². The third-order valence-corrected chi connectivity index (χ3v) is 4.68. The van der Waals surface area contributed by atoms with Crippen molar-refractivity contribution in [3.8, 4) is 0 Å². The molecular formula is C15H20O5S. The van der Waals surface area contributed by atoms with Gasteiger partial charge in [-0.15, -0.1) is 0 Å². The number of carbonyl (C=O) groups excluding carboxylic acids is 2. The average molecular weight is 312 g/mol. The second-order valence-corrected chi connectivity index (χ2v) is 6.76.